The number of carboxylic acids is 1. The van der Waals surface area contributed by atoms with Gasteiger partial charge in [0.2, 0.25) is 6.41 Å². The first-order valence-corrected chi connectivity index (χ1v) is 6.69. The molecule has 0 heterocycles. The van der Waals surface area contributed by atoms with Crippen molar-refractivity contribution in [2.45, 2.75) is 26.4 Å². The van der Waals surface area contributed by atoms with Gasteiger partial charge in [0.25, 0.3) is 0 Å². The molecular weight excluding hydrogens is 312 g/mol. The van der Waals surface area contributed by atoms with Crippen molar-refractivity contribution in [1.29, 1.82) is 0 Å². The third kappa shape index (κ3) is 4.55. The van der Waals surface area contributed by atoms with Gasteiger partial charge in [-0.25, -0.2) is 4.79 Å². The molecule has 0 saturated heterocycles. The summed E-state index contributed by atoms with van der Waals surface area (Å²) in [5.41, 5.74) is 1.53. The van der Waals surface area contributed by atoms with Crippen LogP contribution >= 0.6 is 15.9 Å². The SMILES string of the molecule is CC(C)[C@H](Nc1cc(Br)ccc1CNC=O)C(=O)O. The van der Waals surface area contributed by atoms with Gasteiger partial charge >= 0.3 is 5.97 Å². The molecule has 0 bridgehead atoms. The fourth-order valence-corrected chi connectivity index (χ4v) is 2.03. The maximum atomic E-state index is 11.2. The van der Waals surface area contributed by atoms with Gasteiger partial charge in [0, 0.05) is 16.7 Å². The van der Waals surface area contributed by atoms with Crippen LogP contribution < -0.4 is 10.6 Å². The van der Waals surface area contributed by atoms with Crippen LogP contribution in [0.3, 0.4) is 0 Å². The Morgan fingerprint density at radius 3 is 2.68 bits per heavy atom. The van der Waals surface area contributed by atoms with Gasteiger partial charge in [0.15, 0.2) is 0 Å². The molecule has 0 unspecified atom stereocenters. The highest BCUT2D eigenvalue weighted by molar-refractivity contribution is 9.10. The van der Waals surface area contributed by atoms with E-state index in [1.54, 1.807) is 6.07 Å². The number of rotatable bonds is 7. The van der Waals surface area contributed by atoms with Gasteiger partial charge in [-0.3, -0.25) is 4.79 Å². The lowest BCUT2D eigenvalue weighted by Gasteiger charge is -2.21. The lowest BCUT2D eigenvalue weighted by Crippen LogP contribution is -2.34. The Labute approximate surface area is 120 Å². The molecule has 104 valence electrons. The summed E-state index contributed by atoms with van der Waals surface area (Å²) in [6.45, 7) is 4.03. The van der Waals surface area contributed by atoms with Crippen molar-refractivity contribution in [3.05, 3.63) is 28.2 Å². The zero-order valence-electron chi connectivity index (χ0n) is 10.8. The summed E-state index contributed by atoms with van der Waals surface area (Å²) in [5, 5.41) is 14.8. The van der Waals surface area contributed by atoms with Crippen molar-refractivity contribution in [3.8, 4) is 0 Å². The van der Waals surface area contributed by atoms with Gasteiger partial charge in [-0.05, 0) is 23.6 Å². The summed E-state index contributed by atoms with van der Waals surface area (Å²) in [6.07, 6.45) is 0.614. The summed E-state index contributed by atoms with van der Waals surface area (Å²) in [4.78, 5) is 21.6. The summed E-state index contributed by atoms with van der Waals surface area (Å²) < 4.78 is 0.845. The monoisotopic (exact) mass is 328 g/mol. The van der Waals surface area contributed by atoms with Crippen molar-refractivity contribution < 1.29 is 14.7 Å². The van der Waals surface area contributed by atoms with Crippen LogP contribution in [-0.4, -0.2) is 23.5 Å². The number of nitrogens with one attached hydrogen (secondary N) is 2. The van der Waals surface area contributed by atoms with Gasteiger partial charge in [0.05, 0.1) is 0 Å². The fourth-order valence-electron chi connectivity index (χ4n) is 1.67. The summed E-state index contributed by atoms with van der Waals surface area (Å²) in [6, 6.07) is 4.81. The summed E-state index contributed by atoms with van der Waals surface area (Å²) >= 11 is 3.35. The number of amides is 1. The minimum absolute atomic E-state index is 0.0524. The number of benzene rings is 1. The fraction of sp³-hybridized carbons (Fsp3) is 0.385. The van der Waals surface area contributed by atoms with Crippen LogP contribution in [0, 0.1) is 5.92 Å². The van der Waals surface area contributed by atoms with Gasteiger partial charge in [-0.15, -0.1) is 0 Å². The Morgan fingerprint density at radius 2 is 2.16 bits per heavy atom. The molecule has 6 heteroatoms. The maximum absolute atomic E-state index is 11.2. The van der Waals surface area contributed by atoms with E-state index in [1.807, 2.05) is 26.0 Å². The minimum Gasteiger partial charge on any atom is -0.480 e. The topological polar surface area (TPSA) is 78.4 Å². The van der Waals surface area contributed by atoms with E-state index in [0.29, 0.717) is 18.6 Å². The van der Waals surface area contributed by atoms with Crippen LogP contribution in [0.2, 0.25) is 0 Å². The van der Waals surface area contributed by atoms with Crippen LogP contribution in [0.15, 0.2) is 22.7 Å². The molecule has 0 aliphatic carbocycles. The average molecular weight is 329 g/mol. The van der Waals surface area contributed by atoms with Gasteiger partial charge < -0.3 is 15.7 Å². The number of hydrogen-bond acceptors (Lipinski definition) is 3. The normalized spacial score (nSPS) is 12.0. The third-order valence-corrected chi connectivity index (χ3v) is 3.18. The molecule has 1 amide bonds. The first kappa shape index (κ1) is 15.5. The molecular formula is C13H17BrN2O3. The number of halogens is 1. The molecule has 1 aromatic carbocycles. The Hall–Kier alpha value is -1.56. The van der Waals surface area contributed by atoms with Crippen LogP contribution in [0.5, 0.6) is 0 Å². The third-order valence-electron chi connectivity index (χ3n) is 2.69. The standard InChI is InChI=1S/C13H17BrN2O3/c1-8(2)12(13(18)19)16-11-5-10(14)4-3-9(11)6-15-7-17/h3-5,7-8,12,16H,6H2,1-2H3,(H,15,17)(H,18,19)/t12-/m0/s1. The first-order valence-electron chi connectivity index (χ1n) is 5.90. The number of carboxylic acid groups (broad SMARTS) is 1. The second kappa shape index (κ2) is 7.13. The molecule has 0 fully saturated rings. The largest absolute Gasteiger partial charge is 0.480 e. The number of carbonyl (C=O) groups excluding carboxylic acids is 1. The number of anilines is 1. The summed E-state index contributed by atoms with van der Waals surface area (Å²) in [5.74, 6) is -0.951. The maximum Gasteiger partial charge on any atom is 0.326 e. The van der Waals surface area contributed by atoms with E-state index >= 15 is 0 Å². The number of aliphatic carboxylic acids is 1. The van der Waals surface area contributed by atoms with E-state index in [2.05, 4.69) is 26.6 Å². The smallest absolute Gasteiger partial charge is 0.326 e. The van der Waals surface area contributed by atoms with E-state index in [9.17, 15) is 14.7 Å². The number of hydrogen-bond donors (Lipinski definition) is 3. The van der Waals surface area contributed by atoms with Crippen molar-refractivity contribution in [1.82, 2.24) is 5.32 Å². The van der Waals surface area contributed by atoms with E-state index < -0.39 is 12.0 Å². The molecule has 0 aromatic heterocycles. The van der Waals surface area contributed by atoms with Gasteiger partial charge in [0.1, 0.15) is 6.04 Å². The molecule has 0 radical (unpaired) electrons. The second-order valence-corrected chi connectivity index (χ2v) is 5.42. The molecule has 3 N–H and O–H groups in total. The van der Waals surface area contributed by atoms with Crippen LogP contribution in [0.4, 0.5) is 5.69 Å². The predicted octanol–water partition coefficient (Wildman–Crippen LogP) is 2.22. The van der Waals surface area contributed by atoms with Crippen molar-refractivity contribution in [2.75, 3.05) is 5.32 Å². The van der Waals surface area contributed by atoms with Crippen molar-refractivity contribution in [3.63, 3.8) is 0 Å². The molecule has 0 spiro atoms. The molecule has 1 atom stereocenters. The lowest BCUT2D eigenvalue weighted by atomic mass is 10.0. The molecule has 0 aliphatic heterocycles. The summed E-state index contributed by atoms with van der Waals surface area (Å²) in [7, 11) is 0. The van der Waals surface area contributed by atoms with Crippen LogP contribution in [-0.2, 0) is 16.1 Å². The zero-order valence-corrected chi connectivity index (χ0v) is 12.4. The minimum atomic E-state index is -0.899. The van der Waals surface area contributed by atoms with Gasteiger partial charge in [-0.1, -0.05) is 35.8 Å². The quantitative estimate of drug-likeness (QED) is 0.670. The van der Waals surface area contributed by atoms with E-state index in [-0.39, 0.29) is 5.92 Å². The molecule has 0 saturated carbocycles. The molecule has 5 nitrogen and oxygen atoms in total. The van der Waals surface area contributed by atoms with E-state index in [4.69, 9.17) is 0 Å². The second-order valence-electron chi connectivity index (χ2n) is 4.50. The average Bonchev–Trinajstić information content (AvgIpc) is 2.34. The zero-order chi connectivity index (χ0) is 14.4. The first-order chi connectivity index (χ1) is 8.95. The highest BCUT2D eigenvalue weighted by Crippen LogP contribution is 2.23. The van der Waals surface area contributed by atoms with Crippen LogP contribution in [0.25, 0.3) is 0 Å². The lowest BCUT2D eigenvalue weighted by molar-refractivity contribution is -0.138. The van der Waals surface area contributed by atoms with Crippen molar-refractivity contribution >= 4 is 34.0 Å². The Kier molecular flexibility index (Phi) is 5.82. The van der Waals surface area contributed by atoms with E-state index in [0.717, 1.165) is 10.0 Å². The predicted molar refractivity (Wildman–Crippen MR) is 76.9 cm³/mol. The highest BCUT2D eigenvalue weighted by atomic mass is 79.9. The van der Waals surface area contributed by atoms with E-state index in [1.165, 1.54) is 0 Å². The Morgan fingerprint density at radius 1 is 1.47 bits per heavy atom. The molecule has 19 heavy (non-hydrogen) atoms. The molecule has 0 aliphatic rings. The Bertz CT molecular complexity index is 463. The van der Waals surface area contributed by atoms with Crippen molar-refractivity contribution in [2.24, 2.45) is 5.92 Å². The number of carbonyl (C=O) groups is 2. The van der Waals surface area contributed by atoms with Crippen LogP contribution in [0.1, 0.15) is 19.4 Å². The highest BCUT2D eigenvalue weighted by Gasteiger charge is 2.22. The Balaban J connectivity index is 2.99. The molecule has 1 rings (SSSR count). The van der Waals surface area contributed by atoms with Gasteiger partial charge in [-0.2, -0.15) is 0 Å². The molecule has 1 aromatic rings.